The van der Waals surface area contributed by atoms with Crippen LogP contribution in [0.25, 0.3) is 0 Å². The molecule has 1 atom stereocenters. The first-order chi connectivity index (χ1) is 7.58. The Balaban J connectivity index is 2.40. The van der Waals surface area contributed by atoms with Crippen LogP contribution in [0.15, 0.2) is 34.7 Å². The highest BCUT2D eigenvalue weighted by atomic mass is 35.5. The molecule has 0 amide bonds. The normalized spacial score (nSPS) is 12.8. The molecule has 0 aliphatic heterocycles. The van der Waals surface area contributed by atoms with Crippen molar-refractivity contribution >= 4 is 23.2 Å². The van der Waals surface area contributed by atoms with Crippen molar-refractivity contribution in [2.45, 2.75) is 6.04 Å². The van der Waals surface area contributed by atoms with Crippen molar-refractivity contribution in [2.75, 3.05) is 0 Å². The quantitative estimate of drug-likeness (QED) is 0.892. The highest BCUT2D eigenvalue weighted by Gasteiger charge is 2.16. The van der Waals surface area contributed by atoms with E-state index in [-0.39, 0.29) is 5.22 Å². The van der Waals surface area contributed by atoms with Crippen LogP contribution >= 0.6 is 23.2 Å². The number of hydrogen-bond acceptors (Lipinski definition) is 2. The van der Waals surface area contributed by atoms with Gasteiger partial charge in [-0.2, -0.15) is 0 Å². The van der Waals surface area contributed by atoms with Crippen molar-refractivity contribution in [3.05, 3.63) is 57.7 Å². The lowest BCUT2D eigenvalue weighted by molar-refractivity contribution is 0.490. The van der Waals surface area contributed by atoms with Crippen LogP contribution in [0.4, 0.5) is 4.39 Å². The molecule has 0 saturated heterocycles. The minimum atomic E-state index is -0.629. The average Bonchev–Trinajstić information content (AvgIpc) is 2.67. The summed E-state index contributed by atoms with van der Waals surface area (Å²) in [5.74, 6) is 0.0463. The van der Waals surface area contributed by atoms with Gasteiger partial charge in [0, 0.05) is 5.02 Å². The monoisotopic (exact) mass is 259 g/mol. The van der Waals surface area contributed by atoms with Gasteiger partial charge in [0.25, 0.3) is 0 Å². The Morgan fingerprint density at radius 3 is 2.56 bits per heavy atom. The molecular formula is C11H8Cl2FNO. The largest absolute Gasteiger partial charge is 0.448 e. The van der Waals surface area contributed by atoms with E-state index in [0.29, 0.717) is 16.3 Å². The van der Waals surface area contributed by atoms with Crippen molar-refractivity contribution in [1.29, 1.82) is 0 Å². The molecule has 84 valence electrons. The summed E-state index contributed by atoms with van der Waals surface area (Å²) in [7, 11) is 0. The lowest BCUT2D eigenvalue weighted by atomic mass is 10.1. The van der Waals surface area contributed by atoms with E-state index in [0.717, 1.165) is 0 Å². The van der Waals surface area contributed by atoms with E-state index in [1.165, 1.54) is 18.2 Å². The number of rotatable bonds is 2. The standard InChI is InChI=1S/C11H8Cl2FNO/c12-8-2-1-6(14)5-7(8)11(15)9-3-4-10(13)16-9/h1-5,11H,15H2. The van der Waals surface area contributed by atoms with Crippen molar-refractivity contribution < 1.29 is 8.81 Å². The number of furan rings is 1. The molecule has 2 nitrogen and oxygen atoms in total. The molecule has 0 spiro atoms. The summed E-state index contributed by atoms with van der Waals surface area (Å²) in [6, 6.07) is 6.59. The lowest BCUT2D eigenvalue weighted by Crippen LogP contribution is -2.11. The Labute approximate surface area is 102 Å². The molecule has 2 aromatic rings. The first-order valence-corrected chi connectivity index (χ1v) is 5.29. The van der Waals surface area contributed by atoms with Crippen LogP contribution in [0, 0.1) is 5.82 Å². The molecule has 1 unspecified atom stereocenters. The Bertz CT molecular complexity index is 512. The minimum Gasteiger partial charge on any atom is -0.448 e. The zero-order valence-electron chi connectivity index (χ0n) is 8.08. The van der Waals surface area contributed by atoms with Crippen molar-refractivity contribution in [3.63, 3.8) is 0 Å². The molecule has 0 aliphatic rings. The molecule has 1 aromatic heterocycles. The van der Waals surface area contributed by atoms with Gasteiger partial charge in [0.05, 0.1) is 6.04 Å². The van der Waals surface area contributed by atoms with Crippen LogP contribution in [0.5, 0.6) is 0 Å². The van der Waals surface area contributed by atoms with Gasteiger partial charge in [-0.3, -0.25) is 0 Å². The maximum absolute atomic E-state index is 13.1. The smallest absolute Gasteiger partial charge is 0.193 e. The third-order valence-corrected chi connectivity index (χ3v) is 2.74. The SMILES string of the molecule is NC(c1ccc(Cl)o1)c1cc(F)ccc1Cl. The summed E-state index contributed by atoms with van der Waals surface area (Å²) in [6.07, 6.45) is 0. The molecule has 16 heavy (non-hydrogen) atoms. The van der Waals surface area contributed by atoms with Gasteiger partial charge in [0.2, 0.25) is 0 Å². The van der Waals surface area contributed by atoms with Gasteiger partial charge >= 0.3 is 0 Å². The molecule has 0 fully saturated rings. The molecular weight excluding hydrogens is 252 g/mol. The summed E-state index contributed by atoms with van der Waals surface area (Å²) in [6.45, 7) is 0. The summed E-state index contributed by atoms with van der Waals surface area (Å²) in [4.78, 5) is 0. The summed E-state index contributed by atoms with van der Waals surface area (Å²) in [5.41, 5.74) is 6.36. The predicted octanol–water partition coefficient (Wildman–Crippen LogP) is 3.77. The van der Waals surface area contributed by atoms with E-state index < -0.39 is 11.9 Å². The first-order valence-electron chi connectivity index (χ1n) is 4.53. The van der Waals surface area contributed by atoms with E-state index >= 15 is 0 Å². The summed E-state index contributed by atoms with van der Waals surface area (Å²) < 4.78 is 18.2. The van der Waals surface area contributed by atoms with E-state index in [4.69, 9.17) is 33.4 Å². The van der Waals surface area contributed by atoms with E-state index in [1.807, 2.05) is 0 Å². The molecule has 0 radical (unpaired) electrons. The van der Waals surface area contributed by atoms with Crippen molar-refractivity contribution in [2.24, 2.45) is 5.73 Å². The maximum atomic E-state index is 13.1. The fourth-order valence-corrected chi connectivity index (χ4v) is 1.79. The van der Waals surface area contributed by atoms with Gasteiger partial charge < -0.3 is 10.2 Å². The average molecular weight is 260 g/mol. The van der Waals surface area contributed by atoms with Crippen LogP contribution in [0.2, 0.25) is 10.2 Å². The Hall–Kier alpha value is -1.03. The Morgan fingerprint density at radius 2 is 1.94 bits per heavy atom. The molecule has 0 saturated carbocycles. The topological polar surface area (TPSA) is 39.2 Å². The molecule has 1 aromatic carbocycles. The predicted molar refractivity (Wildman–Crippen MR) is 61.2 cm³/mol. The second-order valence-corrected chi connectivity index (χ2v) is 4.07. The zero-order chi connectivity index (χ0) is 11.7. The number of benzene rings is 1. The number of halogens is 3. The highest BCUT2D eigenvalue weighted by Crippen LogP contribution is 2.29. The third kappa shape index (κ3) is 2.21. The Kier molecular flexibility index (Phi) is 3.19. The molecule has 0 bridgehead atoms. The fourth-order valence-electron chi connectivity index (χ4n) is 1.40. The molecule has 2 rings (SSSR count). The molecule has 1 heterocycles. The molecule has 5 heteroatoms. The van der Waals surface area contributed by atoms with E-state index in [9.17, 15) is 4.39 Å². The van der Waals surface area contributed by atoms with E-state index in [2.05, 4.69) is 0 Å². The fraction of sp³-hybridized carbons (Fsp3) is 0.0909. The van der Waals surface area contributed by atoms with Crippen LogP contribution < -0.4 is 5.73 Å². The van der Waals surface area contributed by atoms with Crippen LogP contribution in [0.3, 0.4) is 0 Å². The lowest BCUT2D eigenvalue weighted by Gasteiger charge is -2.11. The maximum Gasteiger partial charge on any atom is 0.193 e. The zero-order valence-corrected chi connectivity index (χ0v) is 9.60. The Morgan fingerprint density at radius 1 is 1.19 bits per heavy atom. The van der Waals surface area contributed by atoms with Gasteiger partial charge in [-0.15, -0.1) is 0 Å². The van der Waals surface area contributed by atoms with Crippen molar-refractivity contribution in [3.8, 4) is 0 Å². The van der Waals surface area contributed by atoms with Crippen molar-refractivity contribution in [1.82, 2.24) is 0 Å². The summed E-state index contributed by atoms with van der Waals surface area (Å²) >= 11 is 11.6. The highest BCUT2D eigenvalue weighted by molar-refractivity contribution is 6.31. The second kappa shape index (κ2) is 4.45. The second-order valence-electron chi connectivity index (χ2n) is 3.29. The van der Waals surface area contributed by atoms with Gasteiger partial charge in [0.15, 0.2) is 5.22 Å². The molecule has 0 aliphatic carbocycles. The van der Waals surface area contributed by atoms with Gasteiger partial charge in [-0.05, 0) is 47.5 Å². The van der Waals surface area contributed by atoms with Crippen LogP contribution in [0.1, 0.15) is 17.4 Å². The van der Waals surface area contributed by atoms with Gasteiger partial charge in [0.1, 0.15) is 11.6 Å². The summed E-state index contributed by atoms with van der Waals surface area (Å²) in [5, 5.41) is 0.624. The van der Waals surface area contributed by atoms with E-state index in [1.54, 1.807) is 12.1 Å². The van der Waals surface area contributed by atoms with Crippen LogP contribution in [-0.2, 0) is 0 Å². The van der Waals surface area contributed by atoms with Gasteiger partial charge in [-0.25, -0.2) is 4.39 Å². The number of hydrogen-bond donors (Lipinski definition) is 1. The number of nitrogens with two attached hydrogens (primary N) is 1. The molecule has 2 N–H and O–H groups in total. The minimum absolute atomic E-state index is 0.234. The first kappa shape index (κ1) is 11.5. The third-order valence-electron chi connectivity index (χ3n) is 2.19. The van der Waals surface area contributed by atoms with Gasteiger partial charge in [-0.1, -0.05) is 11.6 Å². The van der Waals surface area contributed by atoms with Crippen LogP contribution in [-0.4, -0.2) is 0 Å².